The molecule has 0 saturated carbocycles. The van der Waals surface area contributed by atoms with Gasteiger partial charge in [0.2, 0.25) is 11.1 Å². The van der Waals surface area contributed by atoms with Gasteiger partial charge in [-0.15, -0.1) is 0 Å². The van der Waals surface area contributed by atoms with Gasteiger partial charge in [-0.2, -0.15) is 4.99 Å². The van der Waals surface area contributed by atoms with E-state index in [1.54, 1.807) is 18.2 Å². The molecule has 3 aromatic rings. The molecule has 128 valence electrons. The van der Waals surface area contributed by atoms with Gasteiger partial charge in [0.1, 0.15) is 5.75 Å². The molecule has 1 aromatic heterocycles. The highest BCUT2D eigenvalue weighted by Gasteiger charge is 2.09. The van der Waals surface area contributed by atoms with Gasteiger partial charge in [-0.1, -0.05) is 35.6 Å². The Labute approximate surface area is 148 Å². The molecule has 25 heavy (non-hydrogen) atoms. The molecule has 8 heteroatoms. The lowest BCUT2D eigenvalue weighted by Crippen LogP contribution is -2.39. The standard InChI is InChI=1S/C17H17N5O2S/c1-2-24-13-9-5-3-7-11(13)19-16(23)21-15(18)22-17-20-12-8-4-6-10-14(12)25-17/h3-10H,2H2,1H3,(H4,18,19,20,21,22,23). The van der Waals surface area contributed by atoms with Gasteiger partial charge >= 0.3 is 6.03 Å². The van der Waals surface area contributed by atoms with Crippen LogP contribution >= 0.6 is 11.3 Å². The van der Waals surface area contributed by atoms with Crippen LogP contribution in [0.3, 0.4) is 0 Å². The topological polar surface area (TPSA) is 102 Å². The summed E-state index contributed by atoms with van der Waals surface area (Å²) in [5.41, 5.74) is 7.18. The lowest BCUT2D eigenvalue weighted by molar-refractivity contribution is 0.255. The number of guanidine groups is 1. The fourth-order valence-electron chi connectivity index (χ4n) is 2.16. The molecule has 3 rings (SSSR count). The maximum atomic E-state index is 12.1. The van der Waals surface area contributed by atoms with Crippen molar-refractivity contribution in [1.82, 2.24) is 10.3 Å². The van der Waals surface area contributed by atoms with Crippen molar-refractivity contribution in [3.8, 4) is 5.75 Å². The van der Waals surface area contributed by atoms with Crippen LogP contribution in [-0.4, -0.2) is 23.6 Å². The minimum absolute atomic E-state index is 0.0366. The van der Waals surface area contributed by atoms with E-state index in [0.29, 0.717) is 23.2 Å². The SMILES string of the molecule is CCOc1ccccc1NC(=O)NC(N)=Nc1nc2ccccc2s1. The minimum atomic E-state index is -0.505. The normalized spacial score (nSPS) is 11.3. The first-order chi connectivity index (χ1) is 12.2. The van der Waals surface area contributed by atoms with Crippen LogP contribution in [0.25, 0.3) is 10.2 Å². The lowest BCUT2D eigenvalue weighted by Gasteiger charge is -2.11. The van der Waals surface area contributed by atoms with E-state index in [2.05, 4.69) is 20.6 Å². The fraction of sp³-hybridized carbons (Fsp3) is 0.118. The number of aromatic nitrogens is 1. The van der Waals surface area contributed by atoms with Crippen molar-refractivity contribution in [2.24, 2.45) is 10.7 Å². The van der Waals surface area contributed by atoms with Crippen molar-refractivity contribution >= 4 is 44.4 Å². The second kappa shape index (κ2) is 7.63. The number of nitrogens with zero attached hydrogens (tertiary/aromatic N) is 2. The second-order valence-corrected chi connectivity index (χ2v) is 5.98. The van der Waals surface area contributed by atoms with E-state index in [4.69, 9.17) is 10.5 Å². The van der Waals surface area contributed by atoms with E-state index in [1.165, 1.54) is 11.3 Å². The fourth-order valence-corrected chi connectivity index (χ4v) is 3.01. The number of benzene rings is 2. The molecule has 0 aliphatic rings. The van der Waals surface area contributed by atoms with Gasteiger partial charge in [-0.3, -0.25) is 5.32 Å². The zero-order valence-electron chi connectivity index (χ0n) is 13.5. The molecular weight excluding hydrogens is 338 g/mol. The number of rotatable bonds is 4. The molecule has 0 unspecified atom stereocenters. The lowest BCUT2D eigenvalue weighted by atomic mass is 10.3. The zero-order chi connectivity index (χ0) is 17.6. The molecule has 7 nitrogen and oxygen atoms in total. The Morgan fingerprint density at radius 2 is 2.00 bits per heavy atom. The van der Waals surface area contributed by atoms with E-state index >= 15 is 0 Å². The summed E-state index contributed by atoms with van der Waals surface area (Å²) in [5.74, 6) is 0.548. The summed E-state index contributed by atoms with van der Waals surface area (Å²) in [6.07, 6.45) is 0. The smallest absolute Gasteiger partial charge is 0.326 e. The van der Waals surface area contributed by atoms with Crippen molar-refractivity contribution in [2.45, 2.75) is 6.92 Å². The molecule has 0 atom stereocenters. The molecule has 0 spiro atoms. The quantitative estimate of drug-likeness (QED) is 0.493. The van der Waals surface area contributed by atoms with E-state index in [9.17, 15) is 4.79 Å². The number of aliphatic imine (C=N–C) groups is 1. The van der Waals surface area contributed by atoms with Gasteiger partial charge in [0.05, 0.1) is 22.5 Å². The average molecular weight is 355 g/mol. The zero-order valence-corrected chi connectivity index (χ0v) is 14.3. The number of ether oxygens (including phenoxy) is 1. The highest BCUT2D eigenvalue weighted by atomic mass is 32.1. The summed E-state index contributed by atoms with van der Waals surface area (Å²) in [6.45, 7) is 2.38. The van der Waals surface area contributed by atoms with Crippen LogP contribution in [0.5, 0.6) is 5.75 Å². The van der Waals surface area contributed by atoms with Gasteiger partial charge in [0, 0.05) is 0 Å². The highest BCUT2D eigenvalue weighted by molar-refractivity contribution is 7.22. The van der Waals surface area contributed by atoms with Crippen LogP contribution in [0.2, 0.25) is 0 Å². The number of thiazole rings is 1. The summed E-state index contributed by atoms with van der Waals surface area (Å²) >= 11 is 1.40. The monoisotopic (exact) mass is 355 g/mol. The minimum Gasteiger partial charge on any atom is -0.492 e. The number of anilines is 1. The number of urea groups is 1. The van der Waals surface area contributed by atoms with Crippen LogP contribution in [0.4, 0.5) is 15.6 Å². The molecule has 0 aliphatic carbocycles. The molecule has 2 aromatic carbocycles. The number of para-hydroxylation sites is 3. The summed E-state index contributed by atoms with van der Waals surface area (Å²) in [6, 6.07) is 14.3. The van der Waals surface area contributed by atoms with E-state index in [0.717, 1.165) is 10.2 Å². The number of carbonyl (C=O) groups is 1. The van der Waals surface area contributed by atoms with E-state index in [-0.39, 0.29) is 5.96 Å². The molecule has 0 radical (unpaired) electrons. The van der Waals surface area contributed by atoms with Gasteiger partial charge in [0.25, 0.3) is 0 Å². The highest BCUT2D eigenvalue weighted by Crippen LogP contribution is 2.27. The Balaban J connectivity index is 1.68. The van der Waals surface area contributed by atoms with E-state index < -0.39 is 6.03 Å². The second-order valence-electron chi connectivity index (χ2n) is 4.97. The summed E-state index contributed by atoms with van der Waals surface area (Å²) in [5, 5.41) is 5.65. The number of amides is 2. The summed E-state index contributed by atoms with van der Waals surface area (Å²) < 4.78 is 6.46. The first-order valence-electron chi connectivity index (χ1n) is 7.65. The van der Waals surface area contributed by atoms with Gasteiger partial charge in [-0.25, -0.2) is 9.78 Å². The number of hydrogen-bond acceptors (Lipinski definition) is 5. The number of nitrogens with one attached hydrogen (secondary N) is 2. The third kappa shape index (κ3) is 4.24. The first-order valence-corrected chi connectivity index (χ1v) is 8.47. The van der Waals surface area contributed by atoms with Gasteiger partial charge in [-0.05, 0) is 31.2 Å². The Morgan fingerprint density at radius 1 is 1.24 bits per heavy atom. The molecule has 0 fully saturated rings. The number of fused-ring (bicyclic) bond motifs is 1. The molecule has 2 amide bonds. The predicted octanol–water partition coefficient (Wildman–Crippen LogP) is 3.46. The number of nitrogens with two attached hydrogens (primary N) is 1. The number of carbonyl (C=O) groups excluding carboxylic acids is 1. The number of hydrogen-bond donors (Lipinski definition) is 3. The van der Waals surface area contributed by atoms with Crippen LogP contribution in [0.1, 0.15) is 6.92 Å². The predicted molar refractivity (Wildman–Crippen MR) is 101 cm³/mol. The van der Waals surface area contributed by atoms with Crippen molar-refractivity contribution < 1.29 is 9.53 Å². The Kier molecular flexibility index (Phi) is 5.10. The van der Waals surface area contributed by atoms with Gasteiger partial charge < -0.3 is 15.8 Å². The Morgan fingerprint density at radius 3 is 2.80 bits per heavy atom. The van der Waals surface area contributed by atoms with Crippen LogP contribution < -0.4 is 21.1 Å². The van der Waals surface area contributed by atoms with Crippen LogP contribution in [0, 0.1) is 0 Å². The maximum absolute atomic E-state index is 12.1. The molecule has 0 bridgehead atoms. The van der Waals surface area contributed by atoms with Crippen molar-refractivity contribution in [2.75, 3.05) is 11.9 Å². The average Bonchev–Trinajstić information content (AvgIpc) is 2.98. The summed E-state index contributed by atoms with van der Waals surface area (Å²) in [4.78, 5) is 20.6. The Bertz CT molecular complexity index is 889. The van der Waals surface area contributed by atoms with Crippen molar-refractivity contribution in [1.29, 1.82) is 0 Å². The molecule has 0 saturated heterocycles. The third-order valence-electron chi connectivity index (χ3n) is 3.18. The largest absolute Gasteiger partial charge is 0.492 e. The molecule has 0 aliphatic heterocycles. The van der Waals surface area contributed by atoms with Crippen molar-refractivity contribution in [3.63, 3.8) is 0 Å². The van der Waals surface area contributed by atoms with Crippen LogP contribution in [-0.2, 0) is 0 Å². The molecule has 4 N–H and O–H groups in total. The molecule has 1 heterocycles. The van der Waals surface area contributed by atoms with E-state index in [1.807, 2.05) is 37.3 Å². The van der Waals surface area contributed by atoms with Gasteiger partial charge in [0.15, 0.2) is 0 Å². The first kappa shape index (κ1) is 16.7. The maximum Gasteiger partial charge on any atom is 0.326 e. The third-order valence-corrected chi connectivity index (χ3v) is 4.11. The molecular formula is C17H17N5O2S. The van der Waals surface area contributed by atoms with Crippen molar-refractivity contribution in [3.05, 3.63) is 48.5 Å². The Hall–Kier alpha value is -3.13. The van der Waals surface area contributed by atoms with Crippen LogP contribution in [0.15, 0.2) is 53.5 Å². The summed E-state index contributed by atoms with van der Waals surface area (Å²) in [7, 11) is 0.